The zero-order valence-corrected chi connectivity index (χ0v) is 14.3. The van der Waals surface area contributed by atoms with E-state index in [0.717, 1.165) is 10.1 Å². The molecule has 116 valence electrons. The first-order chi connectivity index (χ1) is 9.06. The van der Waals surface area contributed by atoms with Gasteiger partial charge in [0.25, 0.3) is 0 Å². The third kappa shape index (κ3) is 8.35. The zero-order chi connectivity index (χ0) is 15.9. The summed E-state index contributed by atoms with van der Waals surface area (Å²) >= 11 is 1.88. The average Bonchev–Trinajstić information content (AvgIpc) is 2.59. The Labute approximate surface area is 126 Å². The van der Waals surface area contributed by atoms with Crippen LogP contribution in [0.2, 0.25) is 0 Å². The quantitative estimate of drug-likeness (QED) is 0.749. The zero-order valence-electron chi connectivity index (χ0n) is 13.5. The Hall–Kier alpha value is -0.840. The molecule has 0 atom stereocenters. The highest BCUT2D eigenvalue weighted by molar-refractivity contribution is 7.99. The highest BCUT2D eigenvalue weighted by atomic mass is 32.2. The lowest BCUT2D eigenvalue weighted by Crippen LogP contribution is -2.35. The van der Waals surface area contributed by atoms with Gasteiger partial charge in [-0.05, 0) is 16.9 Å². The summed E-state index contributed by atoms with van der Waals surface area (Å²) in [6.07, 6.45) is 3.01. The molecule has 1 rings (SSSR count). The molecule has 20 heavy (non-hydrogen) atoms. The van der Waals surface area contributed by atoms with Crippen LogP contribution in [0.15, 0.2) is 0 Å². The van der Waals surface area contributed by atoms with Crippen molar-refractivity contribution in [3.8, 4) is 0 Å². The number of carbonyl (C=O) groups excluding carboxylic acids is 3. The Balaban J connectivity index is 0.000000621. The molecule has 1 heterocycles. The van der Waals surface area contributed by atoms with Crippen LogP contribution in [0.25, 0.3) is 0 Å². The van der Waals surface area contributed by atoms with Gasteiger partial charge in [0.15, 0.2) is 5.78 Å². The minimum atomic E-state index is -0.220. The SMILES string of the molecule is CC(C)(C)CC(=O)CN1C(=O)CCC1=O.CSC(C)C. The molecule has 0 aromatic carbocycles. The molecule has 0 unspecified atom stereocenters. The lowest BCUT2D eigenvalue weighted by atomic mass is 9.90. The first-order valence-corrected chi connectivity index (χ1v) is 8.23. The summed E-state index contributed by atoms with van der Waals surface area (Å²) in [7, 11) is 0. The fourth-order valence-corrected chi connectivity index (χ4v) is 1.62. The minimum Gasteiger partial charge on any atom is -0.298 e. The van der Waals surface area contributed by atoms with Gasteiger partial charge in [-0.1, -0.05) is 34.6 Å². The second-order valence-corrected chi connectivity index (χ2v) is 7.85. The average molecular weight is 301 g/mol. The van der Waals surface area contributed by atoms with Crippen LogP contribution in [0.3, 0.4) is 0 Å². The Kier molecular flexibility index (Phi) is 8.09. The molecule has 1 saturated heterocycles. The first-order valence-electron chi connectivity index (χ1n) is 6.94. The monoisotopic (exact) mass is 301 g/mol. The number of ketones is 1. The van der Waals surface area contributed by atoms with Gasteiger partial charge >= 0.3 is 0 Å². The Bertz CT molecular complexity index is 343. The largest absolute Gasteiger partial charge is 0.298 e. The number of rotatable bonds is 4. The molecule has 1 fully saturated rings. The fourth-order valence-electron chi connectivity index (χ4n) is 1.62. The van der Waals surface area contributed by atoms with E-state index >= 15 is 0 Å². The molecule has 2 amide bonds. The van der Waals surface area contributed by atoms with Crippen molar-refractivity contribution >= 4 is 29.4 Å². The van der Waals surface area contributed by atoms with Gasteiger partial charge in [-0.15, -0.1) is 0 Å². The van der Waals surface area contributed by atoms with E-state index in [-0.39, 0.29) is 42.4 Å². The number of nitrogens with zero attached hydrogens (tertiary/aromatic N) is 1. The van der Waals surface area contributed by atoms with Crippen molar-refractivity contribution in [1.82, 2.24) is 4.90 Å². The molecule has 0 aromatic heterocycles. The molecule has 0 saturated carbocycles. The van der Waals surface area contributed by atoms with Gasteiger partial charge in [0.05, 0.1) is 6.54 Å². The molecular formula is C15H27NO3S. The third-order valence-corrected chi connectivity index (χ3v) is 3.63. The van der Waals surface area contributed by atoms with Gasteiger partial charge in [0, 0.05) is 19.3 Å². The van der Waals surface area contributed by atoms with Gasteiger partial charge in [-0.2, -0.15) is 11.8 Å². The molecular weight excluding hydrogens is 274 g/mol. The Morgan fingerprint density at radius 1 is 1.20 bits per heavy atom. The first kappa shape index (κ1) is 19.2. The minimum absolute atomic E-state index is 0.0467. The number of thioether (sulfide) groups is 1. The summed E-state index contributed by atoms with van der Waals surface area (Å²) in [4.78, 5) is 35.1. The van der Waals surface area contributed by atoms with E-state index in [9.17, 15) is 14.4 Å². The van der Waals surface area contributed by atoms with Crippen molar-refractivity contribution in [3.05, 3.63) is 0 Å². The predicted octanol–water partition coefficient (Wildman–Crippen LogP) is 2.90. The lowest BCUT2D eigenvalue weighted by molar-refractivity contribution is -0.142. The van der Waals surface area contributed by atoms with Crippen LogP contribution >= 0.6 is 11.8 Å². The number of hydrogen-bond acceptors (Lipinski definition) is 4. The number of hydrogen-bond donors (Lipinski definition) is 0. The normalized spacial score (nSPS) is 15.4. The molecule has 4 nitrogen and oxygen atoms in total. The summed E-state index contributed by atoms with van der Waals surface area (Å²) in [6.45, 7) is 10.2. The third-order valence-electron chi connectivity index (χ3n) is 2.69. The second kappa shape index (κ2) is 8.45. The summed E-state index contributed by atoms with van der Waals surface area (Å²) in [5.41, 5.74) is -0.0943. The summed E-state index contributed by atoms with van der Waals surface area (Å²) in [5.74, 6) is -0.490. The van der Waals surface area contributed by atoms with Crippen LogP contribution in [-0.2, 0) is 14.4 Å². The van der Waals surface area contributed by atoms with Gasteiger partial charge in [0.1, 0.15) is 0 Å². The standard InChI is InChI=1S/C11H17NO3.C4H10S/c1-11(2,3)6-8(13)7-12-9(14)4-5-10(12)15;1-4(2)5-3/h4-7H2,1-3H3;4H,1-3H3. The maximum absolute atomic E-state index is 11.6. The van der Waals surface area contributed by atoms with Crippen LogP contribution in [0.1, 0.15) is 53.9 Å². The second-order valence-electron chi connectivity index (χ2n) is 6.43. The van der Waals surface area contributed by atoms with E-state index in [1.165, 1.54) is 0 Å². The topological polar surface area (TPSA) is 54.5 Å². The van der Waals surface area contributed by atoms with E-state index in [4.69, 9.17) is 0 Å². The number of amides is 2. The van der Waals surface area contributed by atoms with Crippen LogP contribution < -0.4 is 0 Å². The molecule has 0 aromatic rings. The molecule has 0 bridgehead atoms. The van der Waals surface area contributed by atoms with Crippen molar-refractivity contribution in [3.63, 3.8) is 0 Å². The van der Waals surface area contributed by atoms with E-state index in [2.05, 4.69) is 20.1 Å². The highest BCUT2D eigenvalue weighted by Gasteiger charge is 2.31. The molecule has 0 spiro atoms. The van der Waals surface area contributed by atoms with E-state index in [1.807, 2.05) is 32.5 Å². The predicted molar refractivity (Wildman–Crippen MR) is 83.7 cm³/mol. The summed E-state index contributed by atoms with van der Waals surface area (Å²) in [6, 6.07) is 0. The van der Waals surface area contributed by atoms with Gasteiger partial charge < -0.3 is 0 Å². The molecule has 0 aliphatic carbocycles. The van der Waals surface area contributed by atoms with Crippen molar-refractivity contribution in [2.45, 2.75) is 59.1 Å². The van der Waals surface area contributed by atoms with Crippen molar-refractivity contribution in [2.24, 2.45) is 5.41 Å². The van der Waals surface area contributed by atoms with Crippen LogP contribution in [0.5, 0.6) is 0 Å². The van der Waals surface area contributed by atoms with Crippen molar-refractivity contribution < 1.29 is 14.4 Å². The maximum atomic E-state index is 11.6. The summed E-state index contributed by atoms with van der Waals surface area (Å²) < 4.78 is 0. The molecule has 1 aliphatic rings. The van der Waals surface area contributed by atoms with Gasteiger partial charge in [-0.3, -0.25) is 19.3 Å². The molecule has 0 radical (unpaired) electrons. The van der Waals surface area contributed by atoms with Gasteiger partial charge in [-0.25, -0.2) is 0 Å². The molecule has 5 heteroatoms. The highest BCUT2D eigenvalue weighted by Crippen LogP contribution is 2.20. The lowest BCUT2D eigenvalue weighted by Gasteiger charge is -2.19. The number of Topliss-reactive ketones (excluding diaryl/α,β-unsaturated/α-hetero) is 1. The Morgan fingerprint density at radius 2 is 1.60 bits per heavy atom. The van der Waals surface area contributed by atoms with Crippen molar-refractivity contribution in [1.29, 1.82) is 0 Å². The molecule has 1 aliphatic heterocycles. The fraction of sp³-hybridized carbons (Fsp3) is 0.800. The van der Waals surface area contributed by atoms with Crippen LogP contribution in [0, 0.1) is 5.41 Å². The maximum Gasteiger partial charge on any atom is 0.230 e. The van der Waals surface area contributed by atoms with Crippen LogP contribution in [-0.4, -0.2) is 40.5 Å². The van der Waals surface area contributed by atoms with E-state index < -0.39 is 0 Å². The number of imide groups is 1. The smallest absolute Gasteiger partial charge is 0.230 e. The molecule has 0 N–H and O–H groups in total. The van der Waals surface area contributed by atoms with E-state index in [1.54, 1.807) is 0 Å². The number of carbonyl (C=O) groups is 3. The summed E-state index contributed by atoms with van der Waals surface area (Å²) in [5, 5.41) is 0.801. The van der Waals surface area contributed by atoms with Gasteiger partial charge in [0.2, 0.25) is 11.8 Å². The Morgan fingerprint density at radius 3 is 1.90 bits per heavy atom. The van der Waals surface area contributed by atoms with Crippen LogP contribution in [0.4, 0.5) is 0 Å². The van der Waals surface area contributed by atoms with E-state index in [0.29, 0.717) is 6.42 Å². The van der Waals surface area contributed by atoms with Crippen molar-refractivity contribution in [2.75, 3.05) is 12.8 Å². The number of likely N-dealkylation sites (tertiary alicyclic amines) is 1.